The summed E-state index contributed by atoms with van der Waals surface area (Å²) in [5.41, 5.74) is 2.75. The first-order valence-corrected chi connectivity index (χ1v) is 9.33. The number of H-pyrrole nitrogens is 1. The van der Waals surface area contributed by atoms with Crippen LogP contribution in [-0.2, 0) is 0 Å². The van der Waals surface area contributed by atoms with Gasteiger partial charge in [0.05, 0.1) is 11.6 Å². The van der Waals surface area contributed by atoms with Gasteiger partial charge in [-0.3, -0.25) is 9.89 Å². The molecule has 2 aromatic carbocycles. The lowest BCUT2D eigenvalue weighted by molar-refractivity contribution is 0.0736. The maximum Gasteiger partial charge on any atom is 0.254 e. The second kappa shape index (κ2) is 7.00. The summed E-state index contributed by atoms with van der Waals surface area (Å²) < 4.78 is 0. The maximum absolute atomic E-state index is 13.2. The molecule has 4 rings (SSSR count). The molecular formula is C20H21ClN4O. The van der Waals surface area contributed by atoms with Gasteiger partial charge in [0.15, 0.2) is 5.82 Å². The Hall–Kier alpha value is -2.53. The Balaban J connectivity index is 1.64. The fraction of sp³-hybridized carbons (Fsp3) is 0.300. The van der Waals surface area contributed by atoms with Crippen molar-refractivity contribution in [3.8, 4) is 0 Å². The van der Waals surface area contributed by atoms with Crippen molar-refractivity contribution < 1.29 is 4.79 Å². The van der Waals surface area contributed by atoms with Crippen molar-refractivity contribution >= 4 is 34.2 Å². The van der Waals surface area contributed by atoms with Crippen molar-refractivity contribution in [3.63, 3.8) is 0 Å². The molecule has 1 fully saturated rings. The normalized spacial score (nSPS) is 17.0. The molecule has 1 amide bonds. The Labute approximate surface area is 157 Å². The van der Waals surface area contributed by atoms with Gasteiger partial charge in [0.1, 0.15) is 0 Å². The van der Waals surface area contributed by atoms with Crippen LogP contribution >= 0.6 is 11.6 Å². The van der Waals surface area contributed by atoms with E-state index in [1.165, 1.54) is 0 Å². The van der Waals surface area contributed by atoms with Crippen molar-refractivity contribution in [1.82, 2.24) is 15.1 Å². The van der Waals surface area contributed by atoms with E-state index in [9.17, 15) is 4.79 Å². The van der Waals surface area contributed by atoms with Gasteiger partial charge >= 0.3 is 0 Å². The monoisotopic (exact) mass is 368 g/mol. The summed E-state index contributed by atoms with van der Waals surface area (Å²) in [4.78, 5) is 15.2. The largest absolute Gasteiger partial charge is 0.368 e. The topological polar surface area (TPSA) is 61.0 Å². The summed E-state index contributed by atoms with van der Waals surface area (Å²) in [5.74, 6) is 0.848. The van der Waals surface area contributed by atoms with E-state index in [1.54, 1.807) is 0 Å². The summed E-state index contributed by atoms with van der Waals surface area (Å²) in [6, 6.07) is 13.6. The van der Waals surface area contributed by atoms with Crippen LogP contribution in [0.5, 0.6) is 0 Å². The number of rotatable bonds is 4. The van der Waals surface area contributed by atoms with Crippen LogP contribution in [0.4, 0.5) is 5.82 Å². The number of aromatic nitrogens is 2. The lowest BCUT2D eigenvalue weighted by Gasteiger charge is -2.25. The maximum atomic E-state index is 13.2. The van der Waals surface area contributed by atoms with E-state index in [0.29, 0.717) is 10.6 Å². The number of hydrogen-bond donors (Lipinski definition) is 2. The number of carbonyl (C=O) groups excluding carboxylic acids is 1. The molecule has 5 nitrogen and oxygen atoms in total. The Morgan fingerprint density at radius 2 is 2.12 bits per heavy atom. The predicted molar refractivity (Wildman–Crippen MR) is 105 cm³/mol. The molecule has 134 valence electrons. The van der Waals surface area contributed by atoms with Gasteiger partial charge in [0.25, 0.3) is 5.91 Å². The summed E-state index contributed by atoms with van der Waals surface area (Å²) in [6.45, 7) is 3.58. The number of halogens is 1. The highest BCUT2D eigenvalue weighted by atomic mass is 35.5. The van der Waals surface area contributed by atoms with Crippen LogP contribution in [0.1, 0.15) is 41.7 Å². The van der Waals surface area contributed by atoms with Gasteiger partial charge in [-0.2, -0.15) is 5.10 Å². The fourth-order valence-corrected chi connectivity index (χ4v) is 3.78. The zero-order valence-electron chi connectivity index (χ0n) is 14.6. The zero-order valence-corrected chi connectivity index (χ0v) is 15.4. The van der Waals surface area contributed by atoms with Gasteiger partial charge in [-0.1, -0.05) is 23.7 Å². The molecule has 0 radical (unpaired) electrons. The average Bonchev–Trinajstić information content (AvgIpc) is 3.29. The molecule has 3 aromatic rings. The lowest BCUT2D eigenvalue weighted by Crippen LogP contribution is -2.30. The number of nitrogens with zero attached hydrogens (tertiary/aromatic N) is 2. The number of aromatic amines is 1. The third kappa shape index (κ3) is 3.03. The number of fused-ring (bicyclic) bond motifs is 1. The van der Waals surface area contributed by atoms with Gasteiger partial charge in [0, 0.05) is 29.1 Å². The molecule has 1 saturated heterocycles. The standard InChI is InChI=1S/C20H21ClN4O/c1-2-22-19-16-12-14(7-10-17(16)23-24-19)20(26)25-11-3-4-18(25)13-5-8-15(21)9-6-13/h5-10,12,18H,2-4,11H2,1H3,(H2,22,23,24). The minimum Gasteiger partial charge on any atom is -0.368 e. The first-order valence-electron chi connectivity index (χ1n) is 8.96. The molecule has 0 saturated carbocycles. The molecule has 0 spiro atoms. The van der Waals surface area contributed by atoms with Crippen LogP contribution in [-0.4, -0.2) is 34.1 Å². The fourth-order valence-electron chi connectivity index (χ4n) is 3.66. The Bertz CT molecular complexity index is 935. The van der Waals surface area contributed by atoms with Crippen LogP contribution < -0.4 is 5.32 Å². The van der Waals surface area contributed by atoms with Gasteiger partial charge in [-0.25, -0.2) is 0 Å². The highest BCUT2D eigenvalue weighted by Crippen LogP contribution is 2.34. The zero-order chi connectivity index (χ0) is 18.1. The first kappa shape index (κ1) is 16.9. The van der Waals surface area contributed by atoms with Crippen molar-refractivity contribution in [3.05, 3.63) is 58.6 Å². The third-order valence-electron chi connectivity index (χ3n) is 4.92. The number of anilines is 1. The SMILES string of the molecule is CCNc1n[nH]c2ccc(C(=O)N3CCCC3c3ccc(Cl)cc3)cc12. The lowest BCUT2D eigenvalue weighted by atomic mass is 10.0. The molecule has 6 heteroatoms. The van der Waals surface area contributed by atoms with E-state index in [2.05, 4.69) is 15.5 Å². The van der Waals surface area contributed by atoms with Crippen molar-refractivity contribution in [2.45, 2.75) is 25.8 Å². The molecule has 0 aliphatic carbocycles. The van der Waals surface area contributed by atoms with Crippen LogP contribution in [0.2, 0.25) is 5.02 Å². The third-order valence-corrected chi connectivity index (χ3v) is 5.17. The van der Waals surface area contributed by atoms with Gasteiger partial charge in [0.2, 0.25) is 0 Å². The predicted octanol–water partition coefficient (Wildman–Crippen LogP) is 4.63. The molecular weight excluding hydrogens is 348 g/mol. The molecule has 2 heterocycles. The number of benzene rings is 2. The van der Waals surface area contributed by atoms with E-state index >= 15 is 0 Å². The van der Waals surface area contributed by atoms with Crippen molar-refractivity contribution in [2.24, 2.45) is 0 Å². The summed E-state index contributed by atoms with van der Waals surface area (Å²) >= 11 is 6.00. The molecule has 1 atom stereocenters. The smallest absolute Gasteiger partial charge is 0.254 e. The molecule has 2 N–H and O–H groups in total. The minimum atomic E-state index is 0.0630. The van der Waals surface area contributed by atoms with Gasteiger partial charge in [-0.05, 0) is 55.7 Å². The number of carbonyl (C=O) groups is 1. The van der Waals surface area contributed by atoms with E-state index in [1.807, 2.05) is 54.3 Å². The quantitative estimate of drug-likeness (QED) is 0.706. The number of hydrogen-bond acceptors (Lipinski definition) is 3. The first-order chi connectivity index (χ1) is 12.7. The molecule has 0 bridgehead atoms. The molecule has 1 aliphatic heterocycles. The van der Waals surface area contributed by atoms with Crippen LogP contribution in [0.15, 0.2) is 42.5 Å². The minimum absolute atomic E-state index is 0.0630. The summed E-state index contributed by atoms with van der Waals surface area (Å²) in [6.07, 6.45) is 1.99. The Morgan fingerprint density at radius 1 is 1.31 bits per heavy atom. The number of amides is 1. The van der Waals surface area contributed by atoms with Crippen LogP contribution in [0, 0.1) is 0 Å². The summed E-state index contributed by atoms with van der Waals surface area (Å²) in [7, 11) is 0. The second-order valence-corrected chi connectivity index (χ2v) is 7.01. The Kier molecular flexibility index (Phi) is 4.55. The van der Waals surface area contributed by atoms with Gasteiger partial charge < -0.3 is 10.2 Å². The van der Waals surface area contributed by atoms with E-state index in [4.69, 9.17) is 11.6 Å². The Morgan fingerprint density at radius 3 is 2.88 bits per heavy atom. The highest BCUT2D eigenvalue weighted by Gasteiger charge is 2.30. The highest BCUT2D eigenvalue weighted by molar-refractivity contribution is 6.30. The van der Waals surface area contributed by atoms with E-state index < -0.39 is 0 Å². The second-order valence-electron chi connectivity index (χ2n) is 6.57. The van der Waals surface area contributed by atoms with Crippen LogP contribution in [0.3, 0.4) is 0 Å². The number of nitrogens with one attached hydrogen (secondary N) is 2. The number of likely N-dealkylation sites (tertiary alicyclic amines) is 1. The van der Waals surface area contributed by atoms with Crippen LogP contribution in [0.25, 0.3) is 10.9 Å². The van der Waals surface area contributed by atoms with E-state index in [-0.39, 0.29) is 11.9 Å². The molecule has 26 heavy (non-hydrogen) atoms. The molecule has 1 aliphatic rings. The average molecular weight is 369 g/mol. The van der Waals surface area contributed by atoms with Gasteiger partial charge in [-0.15, -0.1) is 0 Å². The van der Waals surface area contributed by atoms with Crippen molar-refractivity contribution in [1.29, 1.82) is 0 Å². The van der Waals surface area contributed by atoms with Crippen molar-refractivity contribution in [2.75, 3.05) is 18.4 Å². The van der Waals surface area contributed by atoms with E-state index in [0.717, 1.165) is 48.2 Å². The summed E-state index contributed by atoms with van der Waals surface area (Å²) in [5, 5.41) is 12.2. The molecule has 1 aromatic heterocycles. The molecule has 1 unspecified atom stereocenters.